The van der Waals surface area contributed by atoms with Gasteiger partial charge in [-0.3, -0.25) is 4.79 Å². The molecule has 9 nitrogen and oxygen atoms in total. The van der Waals surface area contributed by atoms with E-state index in [1.54, 1.807) is 0 Å². The van der Waals surface area contributed by atoms with E-state index in [4.69, 9.17) is 4.74 Å². The number of amides is 1. The second kappa shape index (κ2) is 11.0. The predicted octanol–water partition coefficient (Wildman–Crippen LogP) is 2.44. The minimum Gasteiger partial charge on any atom is -0.387 e. The number of carbonyl (C=O) groups excluding carboxylic acids is 1. The van der Waals surface area contributed by atoms with Crippen molar-refractivity contribution < 1.29 is 27.1 Å². The van der Waals surface area contributed by atoms with Crippen LogP contribution in [0, 0.1) is 5.82 Å². The number of piperazine rings is 1. The first-order valence-corrected chi connectivity index (χ1v) is 12.3. The predicted molar refractivity (Wildman–Crippen MR) is 134 cm³/mol. The number of rotatable bonds is 5. The average Bonchev–Trinajstić information content (AvgIpc) is 2.94. The summed E-state index contributed by atoms with van der Waals surface area (Å²) in [7, 11) is 0. The molecule has 0 atom stereocenters. The zero-order valence-electron chi connectivity index (χ0n) is 20.4. The third-order valence-electron chi connectivity index (χ3n) is 6.55. The number of hydrogen-bond donors (Lipinski definition) is 3. The molecule has 1 aromatic heterocycles. The van der Waals surface area contributed by atoms with Crippen LogP contribution >= 0.6 is 0 Å². The van der Waals surface area contributed by atoms with Crippen LogP contribution in [0.3, 0.4) is 0 Å². The third kappa shape index (κ3) is 5.58. The van der Waals surface area contributed by atoms with Crippen molar-refractivity contribution in [3.8, 4) is 11.1 Å². The first-order chi connectivity index (χ1) is 18.3. The molecule has 0 aliphatic carbocycles. The van der Waals surface area contributed by atoms with Gasteiger partial charge in [0.1, 0.15) is 5.82 Å². The average molecular weight is 534 g/mol. The van der Waals surface area contributed by atoms with Crippen molar-refractivity contribution in [1.82, 2.24) is 20.6 Å². The van der Waals surface area contributed by atoms with Gasteiger partial charge in [-0.05, 0) is 12.1 Å². The van der Waals surface area contributed by atoms with Crippen LogP contribution in [0.25, 0.3) is 11.1 Å². The Kier molecular flexibility index (Phi) is 7.47. The molecule has 0 bridgehead atoms. The summed E-state index contributed by atoms with van der Waals surface area (Å²) in [6, 6.07) is 2.68. The standard InChI is InChI=1S/C25H27F4N7O2/c26-20-12-22(35-7-9-38-10-8-35)21(34-23(37)18-15-31-2-1-19(18)25(27,28)29)11-17(20)16-13-32-24(33-14-16)36-5-3-30-4-6-36/h1,11-15,30-31H,2-10H2,(H,34,37). The molecule has 4 heterocycles. The Labute approximate surface area is 216 Å². The summed E-state index contributed by atoms with van der Waals surface area (Å²) in [5.41, 5.74) is -0.561. The Hall–Kier alpha value is -3.71. The number of anilines is 3. The topological polar surface area (TPSA) is 94.7 Å². The zero-order chi connectivity index (χ0) is 26.7. The summed E-state index contributed by atoms with van der Waals surface area (Å²) in [6.07, 6.45) is 0.266. The summed E-state index contributed by atoms with van der Waals surface area (Å²) in [4.78, 5) is 25.7. The van der Waals surface area contributed by atoms with Crippen molar-refractivity contribution in [1.29, 1.82) is 0 Å². The Bertz CT molecular complexity index is 1240. The van der Waals surface area contributed by atoms with Crippen LogP contribution in [0.1, 0.15) is 0 Å². The fraction of sp³-hybridized carbons (Fsp3) is 0.400. The maximum absolute atomic E-state index is 15.4. The lowest BCUT2D eigenvalue weighted by Gasteiger charge is -2.31. The normalized spacial score (nSPS) is 18.4. The first kappa shape index (κ1) is 25.9. The second-order valence-corrected chi connectivity index (χ2v) is 8.99. The number of alkyl halides is 3. The van der Waals surface area contributed by atoms with Gasteiger partial charge in [-0.2, -0.15) is 13.2 Å². The lowest BCUT2D eigenvalue weighted by Crippen LogP contribution is -2.44. The van der Waals surface area contributed by atoms with Gasteiger partial charge in [-0.25, -0.2) is 14.4 Å². The molecule has 1 aromatic carbocycles. The molecule has 2 aromatic rings. The van der Waals surface area contributed by atoms with Crippen LogP contribution in [-0.4, -0.2) is 81.1 Å². The highest BCUT2D eigenvalue weighted by Crippen LogP contribution is 2.37. The van der Waals surface area contributed by atoms with Gasteiger partial charge in [0.05, 0.1) is 35.7 Å². The molecule has 5 rings (SSSR count). The molecule has 0 spiro atoms. The summed E-state index contributed by atoms with van der Waals surface area (Å²) in [6.45, 7) is 4.72. The third-order valence-corrected chi connectivity index (χ3v) is 6.55. The highest BCUT2D eigenvalue weighted by molar-refractivity contribution is 6.09. The maximum atomic E-state index is 15.4. The van der Waals surface area contributed by atoms with E-state index in [1.807, 2.05) is 9.80 Å². The van der Waals surface area contributed by atoms with Crippen molar-refractivity contribution >= 4 is 23.2 Å². The number of nitrogens with zero attached hydrogens (tertiary/aromatic N) is 4. The number of ether oxygens (including phenoxy) is 1. The van der Waals surface area contributed by atoms with Gasteiger partial charge in [0.15, 0.2) is 0 Å². The maximum Gasteiger partial charge on any atom is 0.416 e. The van der Waals surface area contributed by atoms with Crippen molar-refractivity contribution in [2.24, 2.45) is 0 Å². The number of benzene rings is 1. The summed E-state index contributed by atoms with van der Waals surface area (Å²) in [5.74, 6) is -1.01. The first-order valence-electron chi connectivity index (χ1n) is 12.3. The van der Waals surface area contributed by atoms with Gasteiger partial charge in [-0.1, -0.05) is 6.08 Å². The van der Waals surface area contributed by atoms with Crippen LogP contribution in [0.4, 0.5) is 34.9 Å². The van der Waals surface area contributed by atoms with Gasteiger partial charge < -0.3 is 30.5 Å². The van der Waals surface area contributed by atoms with Crippen LogP contribution in [-0.2, 0) is 9.53 Å². The molecule has 0 radical (unpaired) electrons. The Morgan fingerprint density at radius 2 is 1.74 bits per heavy atom. The highest BCUT2D eigenvalue weighted by atomic mass is 19.4. The van der Waals surface area contributed by atoms with E-state index in [0.717, 1.165) is 38.5 Å². The minimum atomic E-state index is -4.70. The van der Waals surface area contributed by atoms with Gasteiger partial charge in [0.2, 0.25) is 5.95 Å². The van der Waals surface area contributed by atoms with E-state index in [-0.39, 0.29) is 17.8 Å². The van der Waals surface area contributed by atoms with Gasteiger partial charge in [0.25, 0.3) is 5.91 Å². The summed E-state index contributed by atoms with van der Waals surface area (Å²) in [5, 5.41) is 8.49. The van der Waals surface area contributed by atoms with E-state index < -0.39 is 29.0 Å². The number of aromatic nitrogens is 2. The molecule has 2 fully saturated rings. The molecule has 0 unspecified atom stereocenters. The molecule has 1 amide bonds. The molecule has 3 aliphatic rings. The highest BCUT2D eigenvalue weighted by Gasteiger charge is 2.39. The van der Waals surface area contributed by atoms with Crippen molar-refractivity contribution in [2.75, 3.05) is 74.1 Å². The van der Waals surface area contributed by atoms with E-state index in [1.165, 1.54) is 24.5 Å². The van der Waals surface area contributed by atoms with Crippen molar-refractivity contribution in [3.05, 3.63) is 53.8 Å². The van der Waals surface area contributed by atoms with E-state index >= 15 is 4.39 Å². The molecular formula is C25H27F4N7O2. The fourth-order valence-electron chi connectivity index (χ4n) is 4.59. The lowest BCUT2D eigenvalue weighted by molar-refractivity contribution is -0.115. The number of morpholine rings is 1. The second-order valence-electron chi connectivity index (χ2n) is 8.99. The quantitative estimate of drug-likeness (QED) is 0.505. The smallest absolute Gasteiger partial charge is 0.387 e. The number of dihydropyridines is 1. The number of hydrogen-bond acceptors (Lipinski definition) is 8. The summed E-state index contributed by atoms with van der Waals surface area (Å²) < 4.78 is 61.5. The number of halogens is 4. The molecule has 38 heavy (non-hydrogen) atoms. The van der Waals surface area contributed by atoms with E-state index in [2.05, 4.69) is 25.9 Å². The van der Waals surface area contributed by atoms with Gasteiger partial charge in [0, 0.05) is 75.5 Å². The van der Waals surface area contributed by atoms with Crippen LogP contribution < -0.4 is 25.8 Å². The van der Waals surface area contributed by atoms with Gasteiger partial charge >= 0.3 is 6.18 Å². The lowest BCUT2D eigenvalue weighted by atomic mass is 10.0. The van der Waals surface area contributed by atoms with Crippen LogP contribution in [0.5, 0.6) is 0 Å². The van der Waals surface area contributed by atoms with Crippen molar-refractivity contribution in [2.45, 2.75) is 6.18 Å². The van der Waals surface area contributed by atoms with Gasteiger partial charge in [-0.15, -0.1) is 0 Å². The molecule has 202 valence electrons. The number of carbonyl (C=O) groups is 1. The zero-order valence-corrected chi connectivity index (χ0v) is 20.4. The Morgan fingerprint density at radius 1 is 1.03 bits per heavy atom. The Morgan fingerprint density at radius 3 is 2.42 bits per heavy atom. The van der Waals surface area contributed by atoms with E-state index in [0.29, 0.717) is 43.5 Å². The molecular weight excluding hydrogens is 506 g/mol. The monoisotopic (exact) mass is 533 g/mol. The molecule has 3 N–H and O–H groups in total. The number of nitrogens with one attached hydrogen (secondary N) is 3. The molecule has 0 saturated carbocycles. The molecule has 13 heteroatoms. The summed E-state index contributed by atoms with van der Waals surface area (Å²) >= 11 is 0. The minimum absolute atomic E-state index is 0.0463. The van der Waals surface area contributed by atoms with Crippen LogP contribution in [0.15, 0.2) is 47.9 Å². The fourth-order valence-corrected chi connectivity index (χ4v) is 4.59. The SMILES string of the molecule is O=C(Nc1cc(-c2cnc(N3CCNCC3)nc2)c(F)cc1N1CCOCC1)C1=CNCC=C1C(F)(F)F. The Balaban J connectivity index is 1.48. The molecule has 2 saturated heterocycles. The van der Waals surface area contributed by atoms with E-state index in [9.17, 15) is 18.0 Å². The van der Waals surface area contributed by atoms with Crippen molar-refractivity contribution in [3.63, 3.8) is 0 Å². The largest absolute Gasteiger partial charge is 0.416 e. The molecule has 3 aliphatic heterocycles. The van der Waals surface area contributed by atoms with Crippen LogP contribution in [0.2, 0.25) is 0 Å².